The number of aryl methyl sites for hydroxylation is 1. The number of imidazole rings is 2. The molecule has 0 aliphatic rings. The van der Waals surface area contributed by atoms with Crippen LogP contribution < -0.4 is 0 Å². The number of hydrogen-bond acceptors (Lipinski definition) is 4. The van der Waals surface area contributed by atoms with Crippen molar-refractivity contribution in [3.63, 3.8) is 0 Å². The maximum Gasteiger partial charge on any atom is 0.169 e. The van der Waals surface area contributed by atoms with Gasteiger partial charge in [-0.15, -0.1) is 11.3 Å². The summed E-state index contributed by atoms with van der Waals surface area (Å²) in [4.78, 5) is 13.4. The summed E-state index contributed by atoms with van der Waals surface area (Å²) in [6, 6.07) is 4.69. The molecule has 0 aliphatic carbocycles. The molecule has 0 aliphatic heterocycles. The van der Waals surface area contributed by atoms with Gasteiger partial charge in [-0.2, -0.15) is 0 Å². The molecule has 0 amide bonds. The van der Waals surface area contributed by atoms with Gasteiger partial charge in [-0.25, -0.2) is 19.3 Å². The first kappa shape index (κ1) is 14.1. The Morgan fingerprint density at radius 3 is 2.91 bits per heavy atom. The fourth-order valence-corrected chi connectivity index (χ4v) is 3.39. The van der Waals surface area contributed by atoms with Crippen molar-refractivity contribution in [2.24, 2.45) is 0 Å². The van der Waals surface area contributed by atoms with Crippen LogP contribution in [0.3, 0.4) is 0 Å². The molecule has 3 aromatic heterocycles. The molecular weight excluding hydrogens is 313 g/mol. The zero-order valence-electron chi connectivity index (χ0n) is 12.5. The van der Waals surface area contributed by atoms with Crippen molar-refractivity contribution in [3.8, 4) is 10.8 Å². The third-order valence-corrected chi connectivity index (χ3v) is 4.53. The predicted molar refractivity (Wildman–Crippen MR) is 87.8 cm³/mol. The largest absolute Gasteiger partial charge is 0.327 e. The van der Waals surface area contributed by atoms with E-state index in [1.807, 2.05) is 27.6 Å². The molecule has 116 valence electrons. The monoisotopic (exact) mass is 327 g/mol. The molecule has 0 unspecified atom stereocenters. The fraction of sp³-hybridized carbons (Fsp3) is 0.188. The van der Waals surface area contributed by atoms with E-state index >= 15 is 0 Å². The Hall–Kier alpha value is -2.54. The molecule has 0 radical (unpaired) electrons. The summed E-state index contributed by atoms with van der Waals surface area (Å²) >= 11 is 1.55. The van der Waals surface area contributed by atoms with Crippen LogP contribution >= 0.6 is 11.3 Å². The molecule has 0 N–H and O–H groups in total. The van der Waals surface area contributed by atoms with Crippen LogP contribution in [0.25, 0.3) is 21.9 Å². The summed E-state index contributed by atoms with van der Waals surface area (Å²) in [5.74, 6) is 1.45. The van der Waals surface area contributed by atoms with E-state index in [1.54, 1.807) is 29.8 Å². The average Bonchev–Trinajstić information content (AvgIpc) is 3.25. The van der Waals surface area contributed by atoms with Gasteiger partial charge in [-0.1, -0.05) is 0 Å². The molecule has 7 heteroatoms. The molecule has 3 heterocycles. The smallest absolute Gasteiger partial charge is 0.169 e. The summed E-state index contributed by atoms with van der Waals surface area (Å²) in [5.41, 5.74) is 1.62. The van der Waals surface area contributed by atoms with Gasteiger partial charge in [0.15, 0.2) is 10.8 Å². The third-order valence-electron chi connectivity index (χ3n) is 3.76. The number of rotatable bonds is 4. The van der Waals surface area contributed by atoms with E-state index in [-0.39, 0.29) is 5.82 Å². The average molecular weight is 327 g/mol. The number of halogens is 1. The van der Waals surface area contributed by atoms with E-state index in [4.69, 9.17) is 0 Å². The quantitative estimate of drug-likeness (QED) is 0.576. The normalized spacial score (nSPS) is 11.4. The van der Waals surface area contributed by atoms with Crippen LogP contribution in [-0.2, 0) is 13.1 Å². The molecule has 0 saturated carbocycles. The Morgan fingerprint density at radius 1 is 1.22 bits per heavy atom. The van der Waals surface area contributed by atoms with Gasteiger partial charge in [0, 0.05) is 30.5 Å². The van der Waals surface area contributed by atoms with Gasteiger partial charge >= 0.3 is 0 Å². The molecule has 5 nitrogen and oxygen atoms in total. The Kier molecular flexibility index (Phi) is 3.42. The lowest BCUT2D eigenvalue weighted by Gasteiger charge is -2.08. The topological polar surface area (TPSA) is 48.5 Å². The molecular formula is C16H14FN5S. The summed E-state index contributed by atoms with van der Waals surface area (Å²) in [6.07, 6.45) is 5.44. The molecule has 23 heavy (non-hydrogen) atoms. The Labute approximate surface area is 136 Å². The second-order valence-corrected chi connectivity index (χ2v) is 6.02. The van der Waals surface area contributed by atoms with Crippen LogP contribution in [0.5, 0.6) is 0 Å². The Morgan fingerprint density at radius 2 is 2.13 bits per heavy atom. The molecule has 0 spiro atoms. The maximum absolute atomic E-state index is 13.5. The van der Waals surface area contributed by atoms with Gasteiger partial charge < -0.3 is 9.13 Å². The van der Waals surface area contributed by atoms with Gasteiger partial charge in [-0.05, 0) is 25.1 Å². The second-order valence-electron chi connectivity index (χ2n) is 5.12. The first-order valence-corrected chi connectivity index (χ1v) is 8.20. The minimum absolute atomic E-state index is 0.246. The van der Waals surface area contributed by atoms with E-state index in [0.717, 1.165) is 34.2 Å². The first-order valence-electron chi connectivity index (χ1n) is 7.32. The molecule has 4 aromatic rings. The van der Waals surface area contributed by atoms with E-state index in [2.05, 4.69) is 15.0 Å². The zero-order chi connectivity index (χ0) is 15.8. The van der Waals surface area contributed by atoms with Crippen LogP contribution in [0, 0.1) is 5.82 Å². The van der Waals surface area contributed by atoms with Crippen molar-refractivity contribution in [1.29, 1.82) is 0 Å². The molecule has 1 aromatic carbocycles. The van der Waals surface area contributed by atoms with Crippen LogP contribution in [0.2, 0.25) is 0 Å². The summed E-state index contributed by atoms with van der Waals surface area (Å²) in [6.45, 7) is 3.33. The SMILES string of the molecule is CCn1c(Cn2ccnc2-c2nccs2)nc2ccc(F)cc21. The van der Waals surface area contributed by atoms with Crippen molar-refractivity contribution in [2.75, 3.05) is 0 Å². The van der Waals surface area contributed by atoms with Crippen molar-refractivity contribution in [1.82, 2.24) is 24.1 Å². The van der Waals surface area contributed by atoms with Crippen molar-refractivity contribution < 1.29 is 4.39 Å². The lowest BCUT2D eigenvalue weighted by atomic mass is 10.3. The molecule has 4 rings (SSSR count). The first-order chi connectivity index (χ1) is 11.3. The molecule has 0 atom stereocenters. The number of fused-ring (bicyclic) bond motifs is 1. The highest BCUT2D eigenvalue weighted by molar-refractivity contribution is 7.13. The van der Waals surface area contributed by atoms with E-state index in [1.165, 1.54) is 12.1 Å². The molecule has 0 bridgehead atoms. The highest BCUT2D eigenvalue weighted by Gasteiger charge is 2.14. The van der Waals surface area contributed by atoms with Crippen molar-refractivity contribution >= 4 is 22.4 Å². The van der Waals surface area contributed by atoms with Crippen molar-refractivity contribution in [3.05, 3.63) is 53.8 Å². The predicted octanol–water partition coefficient (Wildman–Crippen LogP) is 3.56. The lowest BCUT2D eigenvalue weighted by Crippen LogP contribution is -2.08. The van der Waals surface area contributed by atoms with Crippen LogP contribution in [-0.4, -0.2) is 24.1 Å². The number of thiazole rings is 1. The van der Waals surface area contributed by atoms with Gasteiger partial charge in [0.05, 0.1) is 17.6 Å². The lowest BCUT2D eigenvalue weighted by molar-refractivity contribution is 0.626. The van der Waals surface area contributed by atoms with Crippen molar-refractivity contribution in [2.45, 2.75) is 20.0 Å². The van der Waals surface area contributed by atoms with Gasteiger partial charge in [-0.3, -0.25) is 0 Å². The Balaban J connectivity index is 1.78. The second kappa shape index (κ2) is 5.58. The molecule has 0 saturated heterocycles. The Bertz CT molecular complexity index is 954. The number of aromatic nitrogens is 5. The third kappa shape index (κ3) is 2.43. The maximum atomic E-state index is 13.5. The van der Waals surface area contributed by atoms with E-state index in [0.29, 0.717) is 6.54 Å². The summed E-state index contributed by atoms with van der Waals surface area (Å²) in [5, 5.41) is 2.80. The number of hydrogen-bond donors (Lipinski definition) is 0. The minimum Gasteiger partial charge on any atom is -0.327 e. The standard InChI is InChI=1S/C16H14FN5S/c1-2-22-13-9-11(17)3-4-12(13)20-14(22)10-21-7-5-18-15(21)16-19-6-8-23-16/h3-9H,2,10H2,1H3. The van der Waals surface area contributed by atoms with Gasteiger partial charge in [0.25, 0.3) is 0 Å². The van der Waals surface area contributed by atoms with Crippen LogP contribution in [0.15, 0.2) is 42.2 Å². The summed E-state index contributed by atoms with van der Waals surface area (Å²) < 4.78 is 17.6. The highest BCUT2D eigenvalue weighted by atomic mass is 32.1. The van der Waals surface area contributed by atoms with E-state index < -0.39 is 0 Å². The molecule has 0 fully saturated rings. The number of benzene rings is 1. The van der Waals surface area contributed by atoms with Gasteiger partial charge in [0.1, 0.15) is 11.6 Å². The summed E-state index contributed by atoms with van der Waals surface area (Å²) in [7, 11) is 0. The van der Waals surface area contributed by atoms with Crippen LogP contribution in [0.1, 0.15) is 12.7 Å². The zero-order valence-corrected chi connectivity index (χ0v) is 13.3. The minimum atomic E-state index is -0.246. The van der Waals surface area contributed by atoms with Crippen LogP contribution in [0.4, 0.5) is 4.39 Å². The fourth-order valence-electron chi connectivity index (χ4n) is 2.74. The van der Waals surface area contributed by atoms with E-state index in [9.17, 15) is 4.39 Å². The van der Waals surface area contributed by atoms with Gasteiger partial charge in [0.2, 0.25) is 0 Å². The highest BCUT2D eigenvalue weighted by Crippen LogP contribution is 2.22. The number of nitrogens with zero attached hydrogens (tertiary/aromatic N) is 5.